The van der Waals surface area contributed by atoms with Crippen molar-refractivity contribution >= 4 is 22.6 Å². The molecule has 0 aliphatic rings. The molecule has 0 saturated carbocycles. The number of ketones is 1. The average molecular weight is 287 g/mol. The van der Waals surface area contributed by atoms with Gasteiger partial charge in [0.1, 0.15) is 0 Å². The van der Waals surface area contributed by atoms with Crippen LogP contribution in [0.15, 0.2) is 30.5 Å². The molecule has 1 aromatic carbocycles. The number of para-hydroxylation sites is 1. The zero-order chi connectivity index (χ0) is 15.6. The van der Waals surface area contributed by atoms with E-state index in [-0.39, 0.29) is 11.7 Å². The molecule has 1 amide bonds. The molecule has 1 atom stereocenters. The second kappa shape index (κ2) is 5.69. The summed E-state index contributed by atoms with van der Waals surface area (Å²) in [6, 6.07) is 7.17. The van der Waals surface area contributed by atoms with E-state index in [1.54, 1.807) is 13.8 Å². The number of aromatic nitrogens is 1. The smallest absolute Gasteiger partial charge is 0.238 e. The van der Waals surface area contributed by atoms with E-state index in [1.165, 1.54) is 6.92 Å². The maximum Gasteiger partial charge on any atom is 0.238 e. The Hall–Kier alpha value is -2.14. The number of Topliss-reactive ketones (excluding diaryl/α,β-unsaturated/α-hetero) is 1. The molecule has 2 aromatic rings. The van der Waals surface area contributed by atoms with Crippen molar-refractivity contribution in [3.63, 3.8) is 0 Å². The third-order valence-corrected chi connectivity index (χ3v) is 3.77. The molecule has 0 saturated heterocycles. The quantitative estimate of drug-likeness (QED) is 0.779. The molecular weight excluding hydrogens is 266 g/mol. The van der Waals surface area contributed by atoms with Crippen LogP contribution in [0.4, 0.5) is 0 Å². The lowest BCUT2D eigenvalue weighted by atomic mass is 9.98. The maximum absolute atomic E-state index is 12.1. The van der Waals surface area contributed by atoms with Crippen LogP contribution in [-0.4, -0.2) is 28.3 Å². The van der Waals surface area contributed by atoms with Gasteiger partial charge < -0.3 is 16.0 Å². The summed E-state index contributed by atoms with van der Waals surface area (Å²) in [4.78, 5) is 26.7. The number of hydrogen-bond donors (Lipinski definition) is 3. The minimum atomic E-state index is -0.894. The van der Waals surface area contributed by atoms with Gasteiger partial charge in [0.25, 0.3) is 0 Å². The first-order valence-electron chi connectivity index (χ1n) is 6.95. The normalized spacial score (nSPS) is 13.1. The number of aromatic amines is 1. The fourth-order valence-corrected chi connectivity index (χ4v) is 2.12. The minimum absolute atomic E-state index is 0.102. The molecule has 0 aliphatic heterocycles. The highest BCUT2D eigenvalue weighted by Crippen LogP contribution is 2.19. The van der Waals surface area contributed by atoms with Crippen LogP contribution in [0.5, 0.6) is 0 Å². The van der Waals surface area contributed by atoms with Crippen molar-refractivity contribution < 1.29 is 9.59 Å². The Labute approximate surface area is 123 Å². The van der Waals surface area contributed by atoms with Gasteiger partial charge in [0.05, 0.1) is 11.6 Å². The third-order valence-electron chi connectivity index (χ3n) is 3.77. The third kappa shape index (κ3) is 3.31. The molecule has 0 aliphatic carbocycles. The Morgan fingerprint density at radius 2 is 2.00 bits per heavy atom. The first-order valence-corrected chi connectivity index (χ1v) is 6.95. The Bertz CT molecular complexity index is 673. The van der Waals surface area contributed by atoms with Crippen LogP contribution < -0.4 is 11.1 Å². The average Bonchev–Trinajstić information content (AvgIpc) is 2.81. The van der Waals surface area contributed by atoms with E-state index in [0.717, 1.165) is 16.5 Å². The lowest BCUT2D eigenvalue weighted by molar-refractivity contribution is -0.130. The number of nitrogens with two attached hydrogens (primary N) is 1. The summed E-state index contributed by atoms with van der Waals surface area (Å²) in [6.45, 7) is 4.79. The number of fused-ring (bicyclic) bond motifs is 1. The largest absolute Gasteiger partial charge is 0.361 e. The van der Waals surface area contributed by atoms with Gasteiger partial charge in [-0.05, 0) is 38.8 Å². The van der Waals surface area contributed by atoms with Crippen LogP contribution in [-0.2, 0) is 16.0 Å². The van der Waals surface area contributed by atoms with Crippen LogP contribution >= 0.6 is 0 Å². The molecule has 1 heterocycles. The minimum Gasteiger partial charge on any atom is -0.361 e. The van der Waals surface area contributed by atoms with Gasteiger partial charge in [0.15, 0.2) is 5.78 Å². The summed E-state index contributed by atoms with van der Waals surface area (Å²) in [5.74, 6) is -0.421. The van der Waals surface area contributed by atoms with Crippen molar-refractivity contribution in [3.8, 4) is 0 Å². The summed E-state index contributed by atoms with van der Waals surface area (Å²) in [5.41, 5.74) is 7.09. The molecule has 112 valence electrons. The molecule has 2 rings (SSSR count). The highest BCUT2D eigenvalue weighted by Gasteiger charge is 2.28. The Morgan fingerprint density at radius 1 is 1.33 bits per heavy atom. The number of hydrogen-bond acceptors (Lipinski definition) is 3. The van der Waals surface area contributed by atoms with E-state index < -0.39 is 11.6 Å². The number of H-pyrrole nitrogens is 1. The highest BCUT2D eigenvalue weighted by molar-refractivity contribution is 5.92. The fourth-order valence-electron chi connectivity index (χ4n) is 2.12. The SMILES string of the molecule is CC(=O)C(C)(C)NC(=O)C(N)Cc1c[nH]c2ccccc12. The summed E-state index contributed by atoms with van der Waals surface area (Å²) in [7, 11) is 0. The van der Waals surface area contributed by atoms with E-state index >= 15 is 0 Å². The Morgan fingerprint density at radius 3 is 2.67 bits per heavy atom. The first-order chi connectivity index (χ1) is 9.81. The van der Waals surface area contributed by atoms with Gasteiger partial charge in [-0.3, -0.25) is 9.59 Å². The topological polar surface area (TPSA) is 88.0 Å². The van der Waals surface area contributed by atoms with Crippen LogP contribution in [0, 0.1) is 0 Å². The van der Waals surface area contributed by atoms with Gasteiger partial charge in [-0.2, -0.15) is 0 Å². The summed E-state index contributed by atoms with van der Waals surface area (Å²) in [6.07, 6.45) is 2.29. The number of carbonyl (C=O) groups is 2. The molecule has 1 aromatic heterocycles. The van der Waals surface area contributed by atoms with Crippen LogP contribution in [0.1, 0.15) is 26.3 Å². The lowest BCUT2D eigenvalue weighted by Crippen LogP contribution is -2.54. The van der Waals surface area contributed by atoms with Gasteiger partial charge in [-0.25, -0.2) is 0 Å². The van der Waals surface area contributed by atoms with E-state index in [4.69, 9.17) is 5.73 Å². The monoisotopic (exact) mass is 287 g/mol. The fraction of sp³-hybridized carbons (Fsp3) is 0.375. The molecule has 21 heavy (non-hydrogen) atoms. The van der Waals surface area contributed by atoms with E-state index in [0.29, 0.717) is 6.42 Å². The second-order valence-electron chi connectivity index (χ2n) is 5.84. The van der Waals surface area contributed by atoms with E-state index in [2.05, 4.69) is 10.3 Å². The molecule has 0 bridgehead atoms. The summed E-state index contributed by atoms with van der Waals surface area (Å²) >= 11 is 0. The highest BCUT2D eigenvalue weighted by atomic mass is 16.2. The lowest BCUT2D eigenvalue weighted by Gasteiger charge is -2.25. The Kier molecular flexibility index (Phi) is 4.14. The first kappa shape index (κ1) is 15.3. The van der Waals surface area contributed by atoms with Crippen molar-refractivity contribution in [3.05, 3.63) is 36.0 Å². The molecular formula is C16H21N3O2. The van der Waals surface area contributed by atoms with Crippen molar-refractivity contribution in [2.24, 2.45) is 5.73 Å². The van der Waals surface area contributed by atoms with Crippen molar-refractivity contribution in [1.29, 1.82) is 0 Å². The van der Waals surface area contributed by atoms with Crippen LogP contribution in [0.3, 0.4) is 0 Å². The van der Waals surface area contributed by atoms with Crippen LogP contribution in [0.25, 0.3) is 10.9 Å². The van der Waals surface area contributed by atoms with Gasteiger partial charge in [0, 0.05) is 17.1 Å². The molecule has 4 N–H and O–H groups in total. The van der Waals surface area contributed by atoms with Crippen LogP contribution in [0.2, 0.25) is 0 Å². The summed E-state index contributed by atoms with van der Waals surface area (Å²) in [5, 5.41) is 3.75. The van der Waals surface area contributed by atoms with Crippen molar-refractivity contribution in [2.45, 2.75) is 38.8 Å². The number of amides is 1. The molecule has 0 spiro atoms. The number of carbonyl (C=O) groups excluding carboxylic acids is 2. The van der Waals surface area contributed by atoms with Crippen molar-refractivity contribution in [2.75, 3.05) is 0 Å². The maximum atomic E-state index is 12.1. The van der Waals surface area contributed by atoms with Gasteiger partial charge in [-0.15, -0.1) is 0 Å². The zero-order valence-corrected chi connectivity index (χ0v) is 12.6. The standard InChI is InChI=1S/C16H21N3O2/c1-10(20)16(2,3)19-15(21)13(17)8-11-9-18-14-7-5-4-6-12(11)14/h4-7,9,13,18H,8,17H2,1-3H3,(H,19,21). The van der Waals surface area contributed by atoms with Gasteiger partial charge >= 0.3 is 0 Å². The second-order valence-corrected chi connectivity index (χ2v) is 5.84. The molecule has 0 radical (unpaired) electrons. The predicted molar refractivity (Wildman–Crippen MR) is 82.9 cm³/mol. The number of benzene rings is 1. The predicted octanol–water partition coefficient (Wildman–Crippen LogP) is 1.52. The zero-order valence-electron chi connectivity index (χ0n) is 12.6. The number of rotatable bonds is 5. The van der Waals surface area contributed by atoms with E-state index in [1.807, 2.05) is 30.5 Å². The van der Waals surface area contributed by atoms with Crippen molar-refractivity contribution in [1.82, 2.24) is 10.3 Å². The van der Waals surface area contributed by atoms with E-state index in [9.17, 15) is 9.59 Å². The molecule has 1 unspecified atom stereocenters. The number of nitrogens with one attached hydrogen (secondary N) is 2. The Balaban J connectivity index is 2.09. The van der Waals surface area contributed by atoms with Gasteiger partial charge in [0.2, 0.25) is 5.91 Å². The molecule has 0 fully saturated rings. The molecule has 5 heteroatoms. The summed E-state index contributed by atoms with van der Waals surface area (Å²) < 4.78 is 0. The molecule has 5 nitrogen and oxygen atoms in total. The van der Waals surface area contributed by atoms with Gasteiger partial charge in [-0.1, -0.05) is 18.2 Å².